The van der Waals surface area contributed by atoms with Crippen molar-refractivity contribution in [3.63, 3.8) is 0 Å². The quantitative estimate of drug-likeness (QED) is 0.671. The Morgan fingerprint density at radius 1 is 1.27 bits per heavy atom. The van der Waals surface area contributed by atoms with Crippen molar-refractivity contribution in [2.24, 2.45) is 0 Å². The zero-order valence-corrected chi connectivity index (χ0v) is 7.70. The van der Waals surface area contributed by atoms with E-state index in [4.69, 9.17) is 0 Å². The average molecular weight is 186 g/mol. The Hall–Kier alpha value is -0.0331. The van der Waals surface area contributed by atoms with Gasteiger partial charge >= 0.3 is 6.18 Å². The lowest BCUT2D eigenvalue weighted by molar-refractivity contribution is -0.134. The maximum absolute atomic E-state index is 11.6. The molecule has 0 aromatic rings. The maximum atomic E-state index is 11.6. The van der Waals surface area contributed by atoms with Crippen molar-refractivity contribution in [2.75, 3.05) is 0 Å². The van der Waals surface area contributed by atoms with Crippen LogP contribution < -0.4 is 0 Å². The Balaban J connectivity index is 3.44. The summed E-state index contributed by atoms with van der Waals surface area (Å²) >= 11 is 0. The van der Waals surface area contributed by atoms with Crippen LogP contribution in [0.2, 0.25) is 19.1 Å². The summed E-state index contributed by atoms with van der Waals surface area (Å²) in [4.78, 5) is 9.19. The first kappa shape index (κ1) is 11.0. The minimum Gasteiger partial charge on any atom is -0.432 e. The van der Waals surface area contributed by atoms with E-state index >= 15 is 0 Å². The van der Waals surface area contributed by atoms with Crippen LogP contribution in [0.3, 0.4) is 0 Å². The van der Waals surface area contributed by atoms with E-state index in [1.54, 1.807) is 13.1 Å². The number of hydrogen-bond donors (Lipinski definition) is 1. The SMILES string of the molecule is C[Si](C)(O)CCCC(F)(F)F. The van der Waals surface area contributed by atoms with Crippen LogP contribution in [0.5, 0.6) is 0 Å². The second-order valence-corrected chi connectivity index (χ2v) is 7.41. The van der Waals surface area contributed by atoms with Gasteiger partial charge in [0.05, 0.1) is 0 Å². The van der Waals surface area contributed by atoms with Crippen LogP contribution in [-0.4, -0.2) is 19.3 Å². The molecule has 0 aliphatic heterocycles. The molecule has 1 N–H and O–H groups in total. The Bertz CT molecular complexity index is 102. The smallest absolute Gasteiger partial charge is 0.389 e. The summed E-state index contributed by atoms with van der Waals surface area (Å²) in [7, 11) is -2.26. The number of rotatable bonds is 3. The molecule has 0 amide bonds. The number of alkyl halides is 3. The van der Waals surface area contributed by atoms with Crippen molar-refractivity contribution in [1.82, 2.24) is 0 Å². The third-order valence-electron chi connectivity index (χ3n) is 1.25. The molecule has 0 aliphatic rings. The lowest BCUT2D eigenvalue weighted by Crippen LogP contribution is -2.25. The molecule has 0 heterocycles. The van der Waals surface area contributed by atoms with Gasteiger partial charge in [0.1, 0.15) is 0 Å². The van der Waals surface area contributed by atoms with E-state index in [-0.39, 0.29) is 6.42 Å². The van der Waals surface area contributed by atoms with Crippen LogP contribution >= 0.6 is 0 Å². The first-order valence-electron chi connectivity index (χ1n) is 3.50. The second-order valence-electron chi connectivity index (χ2n) is 3.28. The lowest BCUT2D eigenvalue weighted by Gasteiger charge is -2.13. The van der Waals surface area contributed by atoms with Crippen LogP contribution in [0.4, 0.5) is 13.2 Å². The summed E-state index contributed by atoms with van der Waals surface area (Å²) in [6.07, 6.45) is -4.79. The van der Waals surface area contributed by atoms with Crippen molar-refractivity contribution in [3.8, 4) is 0 Å². The van der Waals surface area contributed by atoms with Crippen molar-refractivity contribution in [2.45, 2.75) is 38.2 Å². The normalized spacial score (nSPS) is 13.6. The summed E-state index contributed by atoms with van der Waals surface area (Å²) in [5, 5.41) is 0. The molecule has 0 spiro atoms. The minimum atomic E-state index is -4.07. The molecule has 0 aromatic heterocycles. The van der Waals surface area contributed by atoms with Gasteiger partial charge < -0.3 is 4.80 Å². The van der Waals surface area contributed by atoms with Gasteiger partial charge in [-0.1, -0.05) is 0 Å². The van der Waals surface area contributed by atoms with E-state index in [0.717, 1.165) is 0 Å². The fraction of sp³-hybridized carbons (Fsp3) is 1.00. The zero-order valence-electron chi connectivity index (χ0n) is 6.70. The zero-order chi connectivity index (χ0) is 9.12. The topological polar surface area (TPSA) is 20.2 Å². The molecule has 0 fully saturated rings. The van der Waals surface area contributed by atoms with Gasteiger partial charge in [0.15, 0.2) is 8.32 Å². The molecule has 0 rings (SSSR count). The predicted molar refractivity (Wildman–Crippen MR) is 39.8 cm³/mol. The molecular formula is C6H13F3OSi. The highest BCUT2D eigenvalue weighted by Gasteiger charge is 2.28. The third kappa shape index (κ3) is 9.97. The van der Waals surface area contributed by atoms with Gasteiger partial charge in [0.25, 0.3) is 0 Å². The van der Waals surface area contributed by atoms with Crippen LogP contribution in [-0.2, 0) is 0 Å². The molecule has 11 heavy (non-hydrogen) atoms. The molecule has 1 nitrogen and oxygen atoms in total. The molecule has 0 radical (unpaired) electrons. The first-order valence-corrected chi connectivity index (χ1v) is 6.65. The molecular weight excluding hydrogens is 173 g/mol. The van der Waals surface area contributed by atoms with Crippen molar-refractivity contribution < 1.29 is 18.0 Å². The largest absolute Gasteiger partial charge is 0.432 e. The van der Waals surface area contributed by atoms with E-state index in [9.17, 15) is 18.0 Å². The minimum absolute atomic E-state index is 0.0548. The highest BCUT2D eigenvalue weighted by Crippen LogP contribution is 2.24. The van der Waals surface area contributed by atoms with Gasteiger partial charge in [0.2, 0.25) is 0 Å². The van der Waals surface area contributed by atoms with Gasteiger partial charge in [-0.25, -0.2) is 0 Å². The van der Waals surface area contributed by atoms with Gasteiger partial charge in [-0.15, -0.1) is 0 Å². The molecule has 0 aromatic carbocycles. The summed E-state index contributed by atoms with van der Waals surface area (Å²) in [5.74, 6) is 0. The highest BCUT2D eigenvalue weighted by molar-refractivity contribution is 6.69. The van der Waals surface area contributed by atoms with Gasteiger partial charge in [-0.3, -0.25) is 0 Å². The molecule has 0 saturated carbocycles. The lowest BCUT2D eigenvalue weighted by atomic mass is 10.3. The van der Waals surface area contributed by atoms with Crippen LogP contribution in [0.25, 0.3) is 0 Å². The molecule has 0 aliphatic carbocycles. The monoisotopic (exact) mass is 186 g/mol. The Labute approximate surface area is 65.4 Å². The van der Waals surface area contributed by atoms with Gasteiger partial charge in [-0.2, -0.15) is 13.2 Å². The van der Waals surface area contributed by atoms with Crippen molar-refractivity contribution in [1.29, 1.82) is 0 Å². The molecule has 0 bridgehead atoms. The van der Waals surface area contributed by atoms with Gasteiger partial charge in [0, 0.05) is 6.42 Å². The highest BCUT2D eigenvalue weighted by atomic mass is 28.4. The maximum Gasteiger partial charge on any atom is 0.389 e. The van der Waals surface area contributed by atoms with Gasteiger partial charge in [-0.05, 0) is 25.6 Å². The summed E-state index contributed by atoms with van der Waals surface area (Å²) < 4.78 is 34.7. The van der Waals surface area contributed by atoms with Crippen LogP contribution in [0.15, 0.2) is 0 Å². The number of halogens is 3. The fourth-order valence-electron chi connectivity index (χ4n) is 0.721. The van der Waals surface area contributed by atoms with E-state index in [2.05, 4.69) is 0 Å². The molecule has 0 saturated heterocycles. The van der Waals surface area contributed by atoms with E-state index in [0.29, 0.717) is 6.04 Å². The van der Waals surface area contributed by atoms with Crippen LogP contribution in [0.1, 0.15) is 12.8 Å². The van der Waals surface area contributed by atoms with Crippen molar-refractivity contribution >= 4 is 8.32 Å². The third-order valence-corrected chi connectivity index (χ3v) is 2.83. The van der Waals surface area contributed by atoms with E-state index in [1.165, 1.54) is 0 Å². The Morgan fingerprint density at radius 3 is 2.00 bits per heavy atom. The second kappa shape index (κ2) is 3.58. The Kier molecular flexibility index (Phi) is 3.57. The fourth-order valence-corrected chi connectivity index (χ4v) is 1.76. The molecule has 0 atom stereocenters. The predicted octanol–water partition coefficient (Wildman–Crippen LogP) is 2.53. The average Bonchev–Trinajstić information content (AvgIpc) is 1.55. The van der Waals surface area contributed by atoms with E-state index in [1.807, 2.05) is 0 Å². The number of hydrogen-bond acceptors (Lipinski definition) is 1. The van der Waals surface area contributed by atoms with Crippen LogP contribution in [0, 0.1) is 0 Å². The Morgan fingerprint density at radius 2 is 1.73 bits per heavy atom. The van der Waals surface area contributed by atoms with Crippen molar-refractivity contribution in [3.05, 3.63) is 0 Å². The van der Waals surface area contributed by atoms with E-state index < -0.39 is 20.9 Å². The summed E-state index contributed by atoms with van der Waals surface area (Å²) in [6.45, 7) is 3.28. The first-order chi connectivity index (χ1) is 4.71. The summed E-state index contributed by atoms with van der Waals surface area (Å²) in [6, 6.07) is 0.326. The summed E-state index contributed by atoms with van der Waals surface area (Å²) in [5.41, 5.74) is 0. The standard InChI is InChI=1S/C6H13F3OSi/c1-11(2,10)5-3-4-6(7,8)9/h10H,3-5H2,1-2H3. The molecule has 0 unspecified atom stereocenters. The molecule has 68 valence electrons. The molecule has 5 heteroatoms.